The summed E-state index contributed by atoms with van der Waals surface area (Å²) < 4.78 is 57.6. The third-order valence-electron chi connectivity index (χ3n) is 4.83. The number of para-hydroxylation sites is 1. The van der Waals surface area contributed by atoms with Crippen LogP contribution in [0.15, 0.2) is 53.4 Å². The van der Waals surface area contributed by atoms with Gasteiger partial charge in [-0.1, -0.05) is 26.0 Å². The average molecular weight is 452 g/mol. The molecule has 1 aliphatic heterocycles. The fraction of sp³-hybridized carbons (Fsp3) is 0.409. The molecule has 2 atom stereocenters. The Morgan fingerprint density at radius 2 is 1.84 bits per heavy atom. The molecular formula is C22H26FNO6S. The van der Waals surface area contributed by atoms with Crippen molar-refractivity contribution in [1.82, 2.24) is 4.31 Å². The second-order valence-corrected chi connectivity index (χ2v) is 9.59. The van der Waals surface area contributed by atoms with Crippen LogP contribution in [0.5, 0.6) is 11.5 Å². The SMILES string of the molecule is COC(=O)C1CC(Oc2ccccc2F)CN1S(=O)(=O)c1ccc(OCC(C)C)cc1. The van der Waals surface area contributed by atoms with E-state index in [1.165, 1.54) is 37.4 Å². The largest absolute Gasteiger partial charge is 0.493 e. The molecule has 0 bridgehead atoms. The first-order valence-electron chi connectivity index (χ1n) is 9.96. The van der Waals surface area contributed by atoms with Gasteiger partial charge in [0.1, 0.15) is 17.9 Å². The first kappa shape index (κ1) is 23.0. The molecule has 0 saturated carbocycles. The van der Waals surface area contributed by atoms with Crippen molar-refractivity contribution in [3.63, 3.8) is 0 Å². The molecule has 0 aromatic heterocycles. The van der Waals surface area contributed by atoms with E-state index in [-0.39, 0.29) is 23.6 Å². The molecule has 1 aliphatic rings. The number of ether oxygens (including phenoxy) is 3. The summed E-state index contributed by atoms with van der Waals surface area (Å²) in [4.78, 5) is 12.3. The topological polar surface area (TPSA) is 82.1 Å². The van der Waals surface area contributed by atoms with Crippen LogP contribution in [0.4, 0.5) is 4.39 Å². The number of benzene rings is 2. The number of carbonyl (C=O) groups is 1. The molecule has 0 amide bonds. The maximum Gasteiger partial charge on any atom is 0.324 e. The number of halogens is 1. The minimum absolute atomic E-state index is 0.00187. The first-order valence-corrected chi connectivity index (χ1v) is 11.4. The maximum atomic E-state index is 14.0. The minimum atomic E-state index is -4.02. The Balaban J connectivity index is 1.81. The number of esters is 1. The lowest BCUT2D eigenvalue weighted by atomic mass is 10.2. The van der Waals surface area contributed by atoms with E-state index >= 15 is 0 Å². The van der Waals surface area contributed by atoms with Crippen molar-refractivity contribution in [3.8, 4) is 11.5 Å². The molecule has 0 radical (unpaired) electrons. The molecule has 2 aromatic rings. The molecule has 3 rings (SSSR count). The molecule has 1 fully saturated rings. The molecule has 2 aromatic carbocycles. The lowest BCUT2D eigenvalue weighted by Crippen LogP contribution is -2.41. The fourth-order valence-electron chi connectivity index (χ4n) is 3.30. The van der Waals surface area contributed by atoms with Gasteiger partial charge in [-0.3, -0.25) is 4.79 Å². The van der Waals surface area contributed by atoms with Crippen LogP contribution < -0.4 is 9.47 Å². The van der Waals surface area contributed by atoms with Crippen LogP contribution in [0.3, 0.4) is 0 Å². The van der Waals surface area contributed by atoms with Gasteiger partial charge in [0.2, 0.25) is 10.0 Å². The standard InChI is InChI=1S/C22H26FNO6S/c1-15(2)14-29-16-8-10-18(11-9-16)31(26,27)24-13-17(12-20(24)22(25)28-3)30-21-7-5-4-6-19(21)23/h4-11,15,17,20H,12-14H2,1-3H3. The van der Waals surface area contributed by atoms with E-state index in [4.69, 9.17) is 14.2 Å². The Labute approximate surface area is 181 Å². The highest BCUT2D eigenvalue weighted by molar-refractivity contribution is 7.89. The van der Waals surface area contributed by atoms with E-state index in [1.807, 2.05) is 13.8 Å². The van der Waals surface area contributed by atoms with Gasteiger partial charge in [-0.15, -0.1) is 0 Å². The maximum absolute atomic E-state index is 14.0. The number of hydrogen-bond acceptors (Lipinski definition) is 6. The number of hydrogen-bond donors (Lipinski definition) is 0. The molecule has 168 valence electrons. The number of rotatable bonds is 8. The van der Waals surface area contributed by atoms with E-state index in [1.54, 1.807) is 18.2 Å². The van der Waals surface area contributed by atoms with Gasteiger partial charge in [-0.2, -0.15) is 4.31 Å². The normalized spacial score (nSPS) is 19.4. The number of nitrogens with zero attached hydrogens (tertiary/aromatic N) is 1. The van der Waals surface area contributed by atoms with Gasteiger partial charge in [0, 0.05) is 6.42 Å². The van der Waals surface area contributed by atoms with Crippen LogP contribution in [0.2, 0.25) is 0 Å². The van der Waals surface area contributed by atoms with Gasteiger partial charge in [-0.05, 0) is 42.3 Å². The quantitative estimate of drug-likeness (QED) is 0.573. The average Bonchev–Trinajstić information content (AvgIpc) is 3.18. The number of methoxy groups -OCH3 is 1. The predicted molar refractivity (Wildman–Crippen MR) is 112 cm³/mol. The highest BCUT2D eigenvalue weighted by atomic mass is 32.2. The van der Waals surface area contributed by atoms with Gasteiger partial charge < -0.3 is 14.2 Å². The Hall–Kier alpha value is -2.65. The molecule has 0 N–H and O–H groups in total. The summed E-state index contributed by atoms with van der Waals surface area (Å²) in [5.41, 5.74) is 0. The summed E-state index contributed by atoms with van der Waals surface area (Å²) in [6, 6.07) is 10.8. The van der Waals surface area contributed by atoms with Crippen molar-refractivity contribution < 1.29 is 31.8 Å². The zero-order valence-corrected chi connectivity index (χ0v) is 18.5. The van der Waals surface area contributed by atoms with Gasteiger partial charge in [0.15, 0.2) is 11.6 Å². The molecular weight excluding hydrogens is 425 g/mol. The smallest absolute Gasteiger partial charge is 0.324 e. The Bertz CT molecular complexity index is 1010. The van der Waals surface area contributed by atoms with Crippen molar-refractivity contribution in [2.75, 3.05) is 20.3 Å². The highest BCUT2D eigenvalue weighted by Crippen LogP contribution is 2.31. The van der Waals surface area contributed by atoms with Crippen LogP contribution >= 0.6 is 0 Å². The lowest BCUT2D eigenvalue weighted by Gasteiger charge is -2.22. The van der Waals surface area contributed by atoms with Crippen molar-refractivity contribution in [2.24, 2.45) is 5.92 Å². The number of carbonyl (C=O) groups excluding carboxylic acids is 1. The Morgan fingerprint density at radius 1 is 1.16 bits per heavy atom. The van der Waals surface area contributed by atoms with Crippen molar-refractivity contribution in [1.29, 1.82) is 0 Å². The molecule has 0 spiro atoms. The third-order valence-corrected chi connectivity index (χ3v) is 6.72. The second kappa shape index (κ2) is 9.65. The zero-order chi connectivity index (χ0) is 22.6. The summed E-state index contributed by atoms with van der Waals surface area (Å²) in [5, 5.41) is 0. The summed E-state index contributed by atoms with van der Waals surface area (Å²) in [6.45, 7) is 4.43. The minimum Gasteiger partial charge on any atom is -0.493 e. The summed E-state index contributed by atoms with van der Waals surface area (Å²) in [5.74, 6) is -0.364. The van der Waals surface area contributed by atoms with Gasteiger partial charge in [0.05, 0.1) is 25.2 Å². The summed E-state index contributed by atoms with van der Waals surface area (Å²) in [6.07, 6.45) is -0.653. The van der Waals surface area contributed by atoms with E-state index in [9.17, 15) is 17.6 Å². The molecule has 0 aliphatic carbocycles. The van der Waals surface area contributed by atoms with Gasteiger partial charge >= 0.3 is 5.97 Å². The van der Waals surface area contributed by atoms with E-state index in [0.29, 0.717) is 18.3 Å². The van der Waals surface area contributed by atoms with Crippen molar-refractivity contribution in [3.05, 3.63) is 54.3 Å². The second-order valence-electron chi connectivity index (χ2n) is 7.70. The summed E-state index contributed by atoms with van der Waals surface area (Å²) >= 11 is 0. The van der Waals surface area contributed by atoms with E-state index in [2.05, 4.69) is 0 Å². The third kappa shape index (κ3) is 5.34. The van der Waals surface area contributed by atoms with Crippen LogP contribution in [0, 0.1) is 11.7 Å². The Morgan fingerprint density at radius 3 is 2.45 bits per heavy atom. The lowest BCUT2D eigenvalue weighted by molar-refractivity contribution is -0.144. The zero-order valence-electron chi connectivity index (χ0n) is 17.7. The number of sulfonamides is 1. The van der Waals surface area contributed by atoms with Crippen LogP contribution in [0.25, 0.3) is 0 Å². The fourth-order valence-corrected chi connectivity index (χ4v) is 4.92. The van der Waals surface area contributed by atoms with E-state index < -0.39 is 34.0 Å². The van der Waals surface area contributed by atoms with Gasteiger partial charge in [-0.25, -0.2) is 12.8 Å². The molecule has 9 heteroatoms. The van der Waals surface area contributed by atoms with Crippen molar-refractivity contribution in [2.45, 2.75) is 37.3 Å². The molecule has 1 saturated heterocycles. The monoisotopic (exact) mass is 451 g/mol. The molecule has 1 heterocycles. The van der Waals surface area contributed by atoms with Crippen molar-refractivity contribution >= 4 is 16.0 Å². The Kier molecular flexibility index (Phi) is 7.17. The molecule has 31 heavy (non-hydrogen) atoms. The van der Waals surface area contributed by atoms with Crippen LogP contribution in [0.1, 0.15) is 20.3 Å². The van der Waals surface area contributed by atoms with Crippen LogP contribution in [-0.4, -0.2) is 51.1 Å². The summed E-state index contributed by atoms with van der Waals surface area (Å²) in [7, 11) is -2.83. The first-order chi connectivity index (χ1) is 14.7. The van der Waals surface area contributed by atoms with Gasteiger partial charge in [0.25, 0.3) is 0 Å². The van der Waals surface area contributed by atoms with Crippen LogP contribution in [-0.2, 0) is 19.6 Å². The van der Waals surface area contributed by atoms with E-state index in [0.717, 1.165) is 4.31 Å². The molecule has 2 unspecified atom stereocenters. The predicted octanol–water partition coefficient (Wildman–Crippen LogP) is 3.24. The highest BCUT2D eigenvalue weighted by Gasteiger charge is 2.45. The molecule has 7 nitrogen and oxygen atoms in total.